The fourth-order valence-electron chi connectivity index (χ4n) is 1.64. The third-order valence-corrected chi connectivity index (χ3v) is 2.66. The number of ether oxygens (including phenoxy) is 1. The van der Waals surface area contributed by atoms with Gasteiger partial charge in [0, 0.05) is 13.2 Å². The van der Waals surface area contributed by atoms with Crippen LogP contribution in [0.5, 0.6) is 0 Å². The molecule has 0 aliphatic heterocycles. The van der Waals surface area contributed by atoms with E-state index in [1.165, 1.54) is 25.7 Å². The number of hydrogen-bond acceptors (Lipinski definition) is 3. The molecule has 17 heavy (non-hydrogen) atoms. The van der Waals surface area contributed by atoms with Crippen LogP contribution in [-0.2, 0) is 9.53 Å². The molecule has 0 aromatic heterocycles. The summed E-state index contributed by atoms with van der Waals surface area (Å²) in [5, 5.41) is 17.0. The molecule has 0 atom stereocenters. The lowest BCUT2D eigenvalue weighted by Crippen LogP contribution is -2.03. The molecule has 0 aliphatic rings. The predicted octanol–water partition coefficient (Wildman–Crippen LogP) is 2.59. The summed E-state index contributed by atoms with van der Waals surface area (Å²) in [6, 6.07) is 0. The van der Waals surface area contributed by atoms with Crippen molar-refractivity contribution in [3.05, 3.63) is 0 Å². The summed E-state index contributed by atoms with van der Waals surface area (Å²) in [4.78, 5) is 10.2. The molecule has 102 valence electrons. The van der Waals surface area contributed by atoms with Crippen molar-refractivity contribution in [3.63, 3.8) is 0 Å². The van der Waals surface area contributed by atoms with Gasteiger partial charge in [0.1, 0.15) is 0 Å². The van der Waals surface area contributed by atoms with E-state index in [0.717, 1.165) is 25.7 Å². The Labute approximate surface area is 104 Å². The minimum absolute atomic E-state index is 0.102. The van der Waals surface area contributed by atoms with E-state index in [9.17, 15) is 4.79 Å². The van der Waals surface area contributed by atoms with Gasteiger partial charge in [-0.15, -0.1) is 0 Å². The predicted molar refractivity (Wildman–Crippen MR) is 67.1 cm³/mol. The second-order valence-electron chi connectivity index (χ2n) is 4.31. The number of carboxylic acid groups (broad SMARTS) is 1. The van der Waals surface area contributed by atoms with Gasteiger partial charge < -0.3 is 14.9 Å². The normalized spacial score (nSPS) is 10.6. The van der Waals surface area contributed by atoms with Crippen LogP contribution in [0, 0.1) is 0 Å². The molecule has 4 nitrogen and oxygen atoms in total. The van der Waals surface area contributed by atoms with Gasteiger partial charge in [0.25, 0.3) is 0 Å². The van der Waals surface area contributed by atoms with E-state index >= 15 is 0 Å². The van der Waals surface area contributed by atoms with Crippen LogP contribution in [0.1, 0.15) is 57.8 Å². The summed E-state index contributed by atoms with van der Waals surface area (Å²) in [7, 11) is 0. The van der Waals surface area contributed by atoms with E-state index in [0.29, 0.717) is 19.8 Å². The Kier molecular flexibility index (Phi) is 13.0. The van der Waals surface area contributed by atoms with Crippen LogP contribution in [-0.4, -0.2) is 36.0 Å². The van der Waals surface area contributed by atoms with Crippen LogP contribution in [0.4, 0.5) is 0 Å². The highest BCUT2D eigenvalue weighted by Gasteiger charge is 1.96. The van der Waals surface area contributed by atoms with Crippen molar-refractivity contribution in [2.75, 3.05) is 19.8 Å². The van der Waals surface area contributed by atoms with Crippen molar-refractivity contribution in [1.82, 2.24) is 0 Å². The van der Waals surface area contributed by atoms with Crippen molar-refractivity contribution >= 4 is 5.97 Å². The number of carbonyl (C=O) groups is 1. The average molecular weight is 246 g/mol. The van der Waals surface area contributed by atoms with Crippen molar-refractivity contribution in [2.24, 2.45) is 0 Å². The maximum Gasteiger partial charge on any atom is 0.305 e. The molecule has 0 saturated carbocycles. The molecule has 0 radical (unpaired) electrons. The van der Waals surface area contributed by atoms with E-state index < -0.39 is 5.97 Å². The lowest BCUT2D eigenvalue weighted by molar-refractivity contribution is -0.138. The highest BCUT2D eigenvalue weighted by Crippen LogP contribution is 2.08. The van der Waals surface area contributed by atoms with E-state index in [4.69, 9.17) is 14.9 Å². The Morgan fingerprint density at radius 1 is 0.824 bits per heavy atom. The van der Waals surface area contributed by atoms with Crippen LogP contribution in [0.3, 0.4) is 0 Å². The Morgan fingerprint density at radius 2 is 1.35 bits per heavy atom. The topological polar surface area (TPSA) is 66.8 Å². The Balaban J connectivity index is 2.91. The standard InChI is InChI=1S/C13H26O4/c14-10-7-5-3-1-2-4-6-8-11-17-12-9-13(15)16/h14H,1-12H2,(H,15,16). The van der Waals surface area contributed by atoms with Gasteiger partial charge in [-0.1, -0.05) is 38.5 Å². The Morgan fingerprint density at radius 3 is 1.88 bits per heavy atom. The zero-order chi connectivity index (χ0) is 12.8. The molecule has 0 aliphatic carbocycles. The van der Waals surface area contributed by atoms with E-state index in [1.807, 2.05) is 0 Å². The summed E-state index contributed by atoms with van der Waals surface area (Å²) < 4.78 is 5.20. The number of aliphatic hydroxyl groups excluding tert-OH is 1. The minimum atomic E-state index is -0.798. The second kappa shape index (κ2) is 13.5. The van der Waals surface area contributed by atoms with Crippen molar-refractivity contribution in [2.45, 2.75) is 57.8 Å². The van der Waals surface area contributed by atoms with Gasteiger partial charge in [-0.05, 0) is 12.8 Å². The molecule has 0 aromatic carbocycles. The zero-order valence-corrected chi connectivity index (χ0v) is 10.7. The highest BCUT2D eigenvalue weighted by atomic mass is 16.5. The lowest BCUT2D eigenvalue weighted by Gasteiger charge is -2.03. The third-order valence-electron chi connectivity index (χ3n) is 2.66. The molecule has 0 spiro atoms. The molecule has 0 saturated heterocycles. The first-order valence-electron chi connectivity index (χ1n) is 6.67. The molecule has 0 fully saturated rings. The molecule has 2 N–H and O–H groups in total. The van der Waals surface area contributed by atoms with Gasteiger partial charge in [-0.2, -0.15) is 0 Å². The minimum Gasteiger partial charge on any atom is -0.481 e. The molecule has 0 aromatic rings. The number of aliphatic hydroxyl groups is 1. The lowest BCUT2D eigenvalue weighted by atomic mass is 10.1. The van der Waals surface area contributed by atoms with Crippen LogP contribution in [0.15, 0.2) is 0 Å². The molecular formula is C13H26O4. The molecule has 0 amide bonds. The van der Waals surface area contributed by atoms with Gasteiger partial charge in [0.05, 0.1) is 13.0 Å². The number of unbranched alkanes of at least 4 members (excludes halogenated alkanes) is 7. The molecule has 0 rings (SSSR count). The summed E-state index contributed by atoms with van der Waals surface area (Å²) in [5.74, 6) is -0.798. The fraction of sp³-hybridized carbons (Fsp3) is 0.923. The molecular weight excluding hydrogens is 220 g/mol. The molecule has 4 heteroatoms. The second-order valence-corrected chi connectivity index (χ2v) is 4.31. The number of aliphatic carboxylic acids is 1. The van der Waals surface area contributed by atoms with Crippen LogP contribution >= 0.6 is 0 Å². The van der Waals surface area contributed by atoms with Gasteiger partial charge in [0.2, 0.25) is 0 Å². The first-order valence-corrected chi connectivity index (χ1v) is 6.67. The van der Waals surface area contributed by atoms with Crippen molar-refractivity contribution in [1.29, 1.82) is 0 Å². The summed E-state index contributed by atoms with van der Waals surface area (Å²) >= 11 is 0. The highest BCUT2D eigenvalue weighted by molar-refractivity contribution is 5.66. The molecule has 0 bridgehead atoms. The number of carboxylic acids is 1. The summed E-state index contributed by atoms with van der Waals surface area (Å²) in [5.41, 5.74) is 0. The Bertz CT molecular complexity index is 171. The zero-order valence-electron chi connectivity index (χ0n) is 10.7. The van der Waals surface area contributed by atoms with Gasteiger partial charge in [-0.25, -0.2) is 0 Å². The smallest absolute Gasteiger partial charge is 0.305 e. The fourth-order valence-corrected chi connectivity index (χ4v) is 1.64. The quantitative estimate of drug-likeness (QED) is 0.490. The van der Waals surface area contributed by atoms with Gasteiger partial charge in [0.15, 0.2) is 0 Å². The van der Waals surface area contributed by atoms with Crippen LogP contribution in [0.2, 0.25) is 0 Å². The first-order chi connectivity index (χ1) is 8.27. The molecule has 0 unspecified atom stereocenters. The maximum atomic E-state index is 10.2. The maximum absolute atomic E-state index is 10.2. The third kappa shape index (κ3) is 15.4. The van der Waals surface area contributed by atoms with Crippen LogP contribution < -0.4 is 0 Å². The summed E-state index contributed by atoms with van der Waals surface area (Å²) in [6.45, 7) is 1.32. The first kappa shape index (κ1) is 16.4. The average Bonchev–Trinajstić information content (AvgIpc) is 2.30. The largest absolute Gasteiger partial charge is 0.481 e. The monoisotopic (exact) mass is 246 g/mol. The van der Waals surface area contributed by atoms with Gasteiger partial charge >= 0.3 is 5.97 Å². The van der Waals surface area contributed by atoms with E-state index in [2.05, 4.69) is 0 Å². The number of hydrogen-bond donors (Lipinski definition) is 2. The number of rotatable bonds is 13. The van der Waals surface area contributed by atoms with Crippen LogP contribution in [0.25, 0.3) is 0 Å². The van der Waals surface area contributed by atoms with E-state index in [1.54, 1.807) is 0 Å². The SMILES string of the molecule is O=C(O)CCOCCCCCCCCCCO. The Hall–Kier alpha value is -0.610. The molecule has 0 heterocycles. The van der Waals surface area contributed by atoms with Gasteiger partial charge in [-0.3, -0.25) is 4.79 Å². The van der Waals surface area contributed by atoms with Crippen molar-refractivity contribution < 1.29 is 19.7 Å². The van der Waals surface area contributed by atoms with E-state index in [-0.39, 0.29) is 6.42 Å². The summed E-state index contributed by atoms with van der Waals surface area (Å²) in [6.07, 6.45) is 9.29. The van der Waals surface area contributed by atoms with Crippen molar-refractivity contribution in [3.8, 4) is 0 Å².